The van der Waals surface area contributed by atoms with Crippen LogP contribution in [0.1, 0.15) is 32.0 Å². The molecule has 0 radical (unpaired) electrons. The number of fused-ring (bicyclic) bond motifs is 1. The van der Waals surface area contributed by atoms with Crippen LogP contribution in [0.5, 0.6) is 0 Å². The van der Waals surface area contributed by atoms with E-state index in [1.54, 1.807) is 65.2 Å². The van der Waals surface area contributed by atoms with Gasteiger partial charge in [0.25, 0.3) is 11.8 Å². The molecule has 40 heavy (non-hydrogen) atoms. The summed E-state index contributed by atoms with van der Waals surface area (Å²) in [5.41, 5.74) is 1.49. The maximum Gasteiger partial charge on any atom is 0.416 e. The molecule has 2 N–H and O–H groups in total. The summed E-state index contributed by atoms with van der Waals surface area (Å²) in [6.45, 7) is 0.141. The maximum atomic E-state index is 13.9. The number of anilines is 2. The van der Waals surface area contributed by atoms with E-state index >= 15 is 0 Å². The zero-order valence-electron chi connectivity index (χ0n) is 20.6. The van der Waals surface area contributed by atoms with Crippen LogP contribution in [0.3, 0.4) is 0 Å². The fraction of sp³-hybridized carbons (Fsp3) is 0.0667. The number of hydrogen-bond acceptors (Lipinski definition) is 2. The third-order valence-electron chi connectivity index (χ3n) is 6.21. The second-order valence-electron chi connectivity index (χ2n) is 8.98. The molecule has 5 rings (SSSR count). The molecule has 0 saturated carbocycles. The Kier molecular flexibility index (Phi) is 7.32. The van der Waals surface area contributed by atoms with Gasteiger partial charge in [-0.1, -0.05) is 35.9 Å². The Morgan fingerprint density at radius 1 is 0.775 bits per heavy atom. The number of rotatable bonds is 6. The number of alkyl halides is 3. The Labute approximate surface area is 231 Å². The SMILES string of the molecule is O=C(Nc1ccc2c(c1)cc(C(=O)Nc1ccc(C(F)(F)F)cc1)n2Cc1cccc(F)c1)c1ccccc1Cl. The van der Waals surface area contributed by atoms with Gasteiger partial charge < -0.3 is 15.2 Å². The predicted molar refractivity (Wildman–Crippen MR) is 146 cm³/mol. The van der Waals surface area contributed by atoms with Crippen molar-refractivity contribution in [2.24, 2.45) is 0 Å². The Hall–Kier alpha value is -4.63. The molecule has 0 bridgehead atoms. The fourth-order valence-corrected chi connectivity index (χ4v) is 4.53. The van der Waals surface area contributed by atoms with Crippen LogP contribution >= 0.6 is 11.6 Å². The molecule has 0 saturated heterocycles. The van der Waals surface area contributed by atoms with Gasteiger partial charge in [-0.05, 0) is 78.4 Å². The summed E-state index contributed by atoms with van der Waals surface area (Å²) >= 11 is 6.13. The number of aromatic nitrogens is 1. The van der Waals surface area contributed by atoms with Gasteiger partial charge in [0, 0.05) is 28.8 Å². The van der Waals surface area contributed by atoms with Crippen LogP contribution in [0.4, 0.5) is 28.9 Å². The van der Waals surface area contributed by atoms with Crippen LogP contribution in [0.2, 0.25) is 5.02 Å². The van der Waals surface area contributed by atoms with Crippen molar-refractivity contribution >= 4 is 45.7 Å². The summed E-state index contributed by atoms with van der Waals surface area (Å²) in [4.78, 5) is 26.1. The van der Waals surface area contributed by atoms with E-state index in [1.165, 1.54) is 24.3 Å². The van der Waals surface area contributed by atoms with Crippen molar-refractivity contribution in [1.29, 1.82) is 0 Å². The smallest absolute Gasteiger partial charge is 0.332 e. The summed E-state index contributed by atoms with van der Waals surface area (Å²) in [5.74, 6) is -1.42. The third-order valence-corrected chi connectivity index (χ3v) is 6.54. The number of amides is 2. The molecule has 1 aromatic heterocycles. The van der Waals surface area contributed by atoms with E-state index in [1.807, 2.05) is 0 Å². The van der Waals surface area contributed by atoms with E-state index in [-0.39, 0.29) is 17.9 Å². The summed E-state index contributed by atoms with van der Waals surface area (Å²) in [5, 5.41) is 6.31. The lowest BCUT2D eigenvalue weighted by atomic mass is 10.2. The minimum Gasteiger partial charge on any atom is -0.332 e. The number of hydrogen-bond donors (Lipinski definition) is 2. The van der Waals surface area contributed by atoms with Crippen LogP contribution in [0.25, 0.3) is 10.9 Å². The first kappa shape index (κ1) is 27.0. The van der Waals surface area contributed by atoms with Gasteiger partial charge in [0.2, 0.25) is 0 Å². The number of carbonyl (C=O) groups excluding carboxylic acids is 2. The van der Waals surface area contributed by atoms with E-state index in [0.717, 1.165) is 12.1 Å². The first-order valence-corrected chi connectivity index (χ1v) is 12.4. The molecule has 202 valence electrons. The number of carbonyl (C=O) groups is 2. The van der Waals surface area contributed by atoms with Gasteiger partial charge in [-0.3, -0.25) is 9.59 Å². The van der Waals surface area contributed by atoms with Gasteiger partial charge in [0.15, 0.2) is 0 Å². The molecule has 5 aromatic rings. The molecule has 1 heterocycles. The molecule has 0 aliphatic heterocycles. The van der Waals surface area contributed by atoms with Crippen LogP contribution in [-0.2, 0) is 12.7 Å². The molecule has 0 atom stereocenters. The Morgan fingerprint density at radius 3 is 2.17 bits per heavy atom. The number of benzene rings is 4. The molecule has 5 nitrogen and oxygen atoms in total. The van der Waals surface area contributed by atoms with E-state index in [2.05, 4.69) is 10.6 Å². The zero-order chi connectivity index (χ0) is 28.4. The molecule has 2 amide bonds. The van der Waals surface area contributed by atoms with Crippen molar-refractivity contribution in [3.05, 3.63) is 130 Å². The molecule has 0 unspecified atom stereocenters. The quantitative estimate of drug-likeness (QED) is 0.205. The second-order valence-corrected chi connectivity index (χ2v) is 9.39. The first-order chi connectivity index (χ1) is 19.1. The number of nitrogens with one attached hydrogen (secondary N) is 2. The van der Waals surface area contributed by atoms with Crippen molar-refractivity contribution in [2.45, 2.75) is 12.7 Å². The van der Waals surface area contributed by atoms with Gasteiger partial charge in [-0.2, -0.15) is 13.2 Å². The van der Waals surface area contributed by atoms with Crippen molar-refractivity contribution in [1.82, 2.24) is 4.57 Å². The van der Waals surface area contributed by atoms with E-state index in [9.17, 15) is 27.2 Å². The average molecular weight is 566 g/mol. The summed E-state index contributed by atoms with van der Waals surface area (Å²) in [6.07, 6.45) is -4.50. The normalized spacial score (nSPS) is 11.4. The molecule has 0 fully saturated rings. The molecule has 4 aromatic carbocycles. The molecule has 0 aliphatic carbocycles. The highest BCUT2D eigenvalue weighted by Crippen LogP contribution is 2.30. The summed E-state index contributed by atoms with van der Waals surface area (Å²) < 4.78 is 54.4. The Balaban J connectivity index is 1.49. The monoisotopic (exact) mass is 565 g/mol. The molecular weight excluding hydrogens is 546 g/mol. The lowest BCUT2D eigenvalue weighted by molar-refractivity contribution is -0.137. The largest absolute Gasteiger partial charge is 0.416 e. The predicted octanol–water partition coefficient (Wildman–Crippen LogP) is 8.01. The zero-order valence-corrected chi connectivity index (χ0v) is 21.4. The topological polar surface area (TPSA) is 63.1 Å². The lowest BCUT2D eigenvalue weighted by Crippen LogP contribution is -2.17. The minimum absolute atomic E-state index is 0.141. The van der Waals surface area contributed by atoms with E-state index in [4.69, 9.17) is 11.6 Å². The lowest BCUT2D eigenvalue weighted by Gasteiger charge is -2.13. The second kappa shape index (κ2) is 10.9. The van der Waals surface area contributed by atoms with Gasteiger partial charge >= 0.3 is 6.18 Å². The van der Waals surface area contributed by atoms with E-state index < -0.39 is 29.4 Å². The minimum atomic E-state index is -4.50. The van der Waals surface area contributed by atoms with Crippen molar-refractivity contribution in [3.63, 3.8) is 0 Å². The van der Waals surface area contributed by atoms with Crippen molar-refractivity contribution < 1.29 is 27.2 Å². The van der Waals surface area contributed by atoms with Gasteiger partial charge in [0.1, 0.15) is 11.5 Å². The number of nitrogens with zero attached hydrogens (tertiary/aromatic N) is 1. The number of halogens is 5. The van der Waals surface area contributed by atoms with E-state index in [0.29, 0.717) is 32.7 Å². The van der Waals surface area contributed by atoms with Gasteiger partial charge in [-0.15, -0.1) is 0 Å². The highest BCUT2D eigenvalue weighted by molar-refractivity contribution is 6.34. The van der Waals surface area contributed by atoms with Crippen molar-refractivity contribution in [2.75, 3.05) is 10.6 Å². The standard InChI is InChI=1S/C30H20ClF4N3O2/c31-25-7-2-1-6-24(25)28(39)37-23-12-13-26-19(15-23)16-27(38(26)17-18-4-3-5-21(32)14-18)29(40)36-22-10-8-20(9-11-22)30(33,34)35/h1-16H,17H2,(H,36,40)(H,37,39). The van der Waals surface area contributed by atoms with Gasteiger partial charge in [0.05, 0.1) is 16.1 Å². The maximum absolute atomic E-state index is 13.9. The molecule has 0 aliphatic rings. The molecule has 0 spiro atoms. The van der Waals surface area contributed by atoms with Crippen molar-refractivity contribution in [3.8, 4) is 0 Å². The van der Waals surface area contributed by atoms with Crippen LogP contribution in [-0.4, -0.2) is 16.4 Å². The highest BCUT2D eigenvalue weighted by atomic mass is 35.5. The summed E-state index contributed by atoms with van der Waals surface area (Å²) in [7, 11) is 0. The first-order valence-electron chi connectivity index (χ1n) is 12.0. The van der Waals surface area contributed by atoms with Crippen LogP contribution in [0.15, 0.2) is 97.1 Å². The van der Waals surface area contributed by atoms with Crippen LogP contribution < -0.4 is 10.6 Å². The highest BCUT2D eigenvalue weighted by Gasteiger charge is 2.30. The molecular formula is C30H20ClF4N3O2. The van der Waals surface area contributed by atoms with Gasteiger partial charge in [-0.25, -0.2) is 4.39 Å². The fourth-order valence-electron chi connectivity index (χ4n) is 4.31. The molecule has 10 heteroatoms. The Bertz CT molecular complexity index is 1730. The Morgan fingerprint density at radius 2 is 1.48 bits per heavy atom. The van der Waals surface area contributed by atoms with Crippen LogP contribution in [0, 0.1) is 5.82 Å². The average Bonchev–Trinajstić information content (AvgIpc) is 3.26. The third kappa shape index (κ3) is 5.84. The summed E-state index contributed by atoms with van der Waals surface area (Å²) in [6, 6.07) is 23.3.